The molecular formula is C15H18N2O2. The van der Waals surface area contributed by atoms with Crippen molar-refractivity contribution < 1.29 is 9.84 Å². The molecule has 0 unspecified atom stereocenters. The maximum Gasteiger partial charge on any atom is 0.160 e. The average molecular weight is 258 g/mol. The molecule has 0 fully saturated rings. The number of ether oxygens (including phenoxy) is 1. The van der Waals surface area contributed by atoms with Gasteiger partial charge in [-0.3, -0.25) is 0 Å². The van der Waals surface area contributed by atoms with Gasteiger partial charge in [0.2, 0.25) is 0 Å². The summed E-state index contributed by atoms with van der Waals surface area (Å²) < 4.78 is 5.34. The molecule has 0 radical (unpaired) electrons. The Morgan fingerprint density at radius 1 is 1.16 bits per heavy atom. The maximum atomic E-state index is 10.1. The molecule has 1 aromatic carbocycles. The van der Waals surface area contributed by atoms with E-state index < -0.39 is 5.60 Å². The fraction of sp³-hybridized carbons (Fsp3) is 0.333. The zero-order valence-electron chi connectivity index (χ0n) is 11.6. The Bertz CT molecular complexity index is 589. The number of nitrogens with zero attached hydrogens (tertiary/aromatic N) is 2. The highest BCUT2D eigenvalue weighted by molar-refractivity contribution is 5.67. The summed E-state index contributed by atoms with van der Waals surface area (Å²) in [6, 6.07) is 9.55. The van der Waals surface area contributed by atoms with Crippen LogP contribution in [-0.4, -0.2) is 22.2 Å². The van der Waals surface area contributed by atoms with Crippen molar-refractivity contribution in [3.05, 3.63) is 41.9 Å². The van der Waals surface area contributed by atoms with Crippen LogP contribution in [0.1, 0.15) is 25.4 Å². The number of methoxy groups -OCH3 is 1. The van der Waals surface area contributed by atoms with Crippen LogP contribution in [0.3, 0.4) is 0 Å². The Morgan fingerprint density at radius 2 is 1.84 bits per heavy atom. The third-order valence-electron chi connectivity index (χ3n) is 2.78. The molecule has 0 saturated heterocycles. The van der Waals surface area contributed by atoms with Crippen molar-refractivity contribution >= 4 is 0 Å². The molecule has 0 aliphatic heterocycles. The summed E-state index contributed by atoms with van der Waals surface area (Å²) in [5, 5.41) is 10.1. The molecule has 1 aromatic heterocycles. The van der Waals surface area contributed by atoms with Gasteiger partial charge in [0.1, 0.15) is 11.4 Å². The highest BCUT2D eigenvalue weighted by atomic mass is 16.5. The molecule has 0 amide bonds. The first-order valence-electron chi connectivity index (χ1n) is 6.14. The van der Waals surface area contributed by atoms with Crippen molar-refractivity contribution in [3.8, 4) is 17.0 Å². The van der Waals surface area contributed by atoms with E-state index in [1.54, 1.807) is 21.0 Å². The number of rotatable bonds is 3. The molecule has 0 spiro atoms. The van der Waals surface area contributed by atoms with E-state index in [-0.39, 0.29) is 0 Å². The van der Waals surface area contributed by atoms with Gasteiger partial charge in [0.05, 0.1) is 12.8 Å². The minimum atomic E-state index is -1.07. The summed E-state index contributed by atoms with van der Waals surface area (Å²) in [6.07, 6.45) is 0. The van der Waals surface area contributed by atoms with E-state index >= 15 is 0 Å². The molecule has 19 heavy (non-hydrogen) atoms. The van der Waals surface area contributed by atoms with Crippen molar-refractivity contribution in [2.75, 3.05) is 7.11 Å². The van der Waals surface area contributed by atoms with Gasteiger partial charge in [-0.2, -0.15) is 0 Å². The first-order valence-corrected chi connectivity index (χ1v) is 6.14. The largest absolute Gasteiger partial charge is 0.496 e. The third-order valence-corrected chi connectivity index (χ3v) is 2.78. The smallest absolute Gasteiger partial charge is 0.160 e. The van der Waals surface area contributed by atoms with Gasteiger partial charge in [-0.1, -0.05) is 12.1 Å². The van der Waals surface area contributed by atoms with Gasteiger partial charge < -0.3 is 9.84 Å². The second kappa shape index (κ2) is 4.97. The number of aliphatic hydroxyl groups is 1. The lowest BCUT2D eigenvalue weighted by Gasteiger charge is -2.17. The fourth-order valence-electron chi connectivity index (χ4n) is 1.84. The van der Waals surface area contributed by atoms with Crippen LogP contribution in [0.2, 0.25) is 0 Å². The van der Waals surface area contributed by atoms with Crippen LogP contribution in [0.5, 0.6) is 5.75 Å². The highest BCUT2D eigenvalue weighted by Gasteiger charge is 2.21. The lowest BCUT2D eigenvalue weighted by atomic mass is 10.1. The van der Waals surface area contributed by atoms with Crippen LogP contribution in [-0.2, 0) is 5.60 Å². The average Bonchev–Trinajstić information content (AvgIpc) is 2.37. The van der Waals surface area contributed by atoms with Crippen LogP contribution in [0.25, 0.3) is 11.3 Å². The fourth-order valence-corrected chi connectivity index (χ4v) is 1.84. The quantitative estimate of drug-likeness (QED) is 0.919. The Kier molecular flexibility index (Phi) is 3.53. The lowest BCUT2D eigenvalue weighted by Crippen LogP contribution is -2.20. The molecule has 0 aliphatic rings. The zero-order valence-corrected chi connectivity index (χ0v) is 11.6. The zero-order chi connectivity index (χ0) is 14.0. The Hall–Kier alpha value is -1.94. The van der Waals surface area contributed by atoms with E-state index in [4.69, 9.17) is 4.74 Å². The van der Waals surface area contributed by atoms with Crippen LogP contribution >= 0.6 is 0 Å². The van der Waals surface area contributed by atoms with Crippen LogP contribution < -0.4 is 4.74 Å². The van der Waals surface area contributed by atoms with Crippen molar-refractivity contribution in [1.82, 2.24) is 9.97 Å². The van der Waals surface area contributed by atoms with Gasteiger partial charge in [0, 0.05) is 11.3 Å². The van der Waals surface area contributed by atoms with Crippen molar-refractivity contribution in [2.45, 2.75) is 26.4 Å². The van der Waals surface area contributed by atoms with Gasteiger partial charge >= 0.3 is 0 Å². The topological polar surface area (TPSA) is 55.2 Å². The normalized spacial score (nSPS) is 11.4. The summed E-state index contributed by atoms with van der Waals surface area (Å²) in [7, 11) is 1.63. The molecule has 0 atom stereocenters. The molecule has 0 aliphatic carbocycles. The molecule has 0 bridgehead atoms. The van der Waals surface area contributed by atoms with E-state index in [1.165, 1.54) is 0 Å². The Morgan fingerprint density at radius 3 is 2.47 bits per heavy atom. The molecule has 1 N–H and O–H groups in total. The van der Waals surface area contributed by atoms with E-state index in [0.29, 0.717) is 5.82 Å². The van der Waals surface area contributed by atoms with Crippen molar-refractivity contribution in [2.24, 2.45) is 0 Å². The van der Waals surface area contributed by atoms with Crippen LogP contribution in [0, 0.1) is 6.92 Å². The molecule has 4 nitrogen and oxygen atoms in total. The molecule has 2 aromatic rings. The number of para-hydroxylation sites is 1. The highest BCUT2D eigenvalue weighted by Crippen LogP contribution is 2.29. The Labute approximate surface area is 113 Å². The molecule has 0 saturated carbocycles. The summed E-state index contributed by atoms with van der Waals surface area (Å²) >= 11 is 0. The van der Waals surface area contributed by atoms with Gasteiger partial charge in [0.15, 0.2) is 5.82 Å². The van der Waals surface area contributed by atoms with Crippen LogP contribution in [0.15, 0.2) is 30.3 Å². The molecule has 1 heterocycles. The maximum absolute atomic E-state index is 10.1. The second-order valence-electron chi connectivity index (χ2n) is 4.98. The van der Waals surface area contributed by atoms with Gasteiger partial charge in [-0.05, 0) is 39.0 Å². The predicted octanol–water partition coefficient (Wildman–Crippen LogP) is 2.69. The lowest BCUT2D eigenvalue weighted by molar-refractivity contribution is 0.0686. The van der Waals surface area contributed by atoms with Crippen LogP contribution in [0.4, 0.5) is 0 Å². The van der Waals surface area contributed by atoms with E-state index in [1.807, 2.05) is 37.3 Å². The summed E-state index contributed by atoms with van der Waals surface area (Å²) in [5.74, 6) is 1.16. The van der Waals surface area contributed by atoms with E-state index in [9.17, 15) is 5.11 Å². The van der Waals surface area contributed by atoms with E-state index in [0.717, 1.165) is 22.7 Å². The SMILES string of the molecule is COc1ccccc1-c1cc(C)nc(C(C)(C)O)n1. The number of hydrogen-bond donors (Lipinski definition) is 1. The van der Waals surface area contributed by atoms with Gasteiger partial charge in [0.25, 0.3) is 0 Å². The van der Waals surface area contributed by atoms with Crippen molar-refractivity contribution in [3.63, 3.8) is 0 Å². The minimum Gasteiger partial charge on any atom is -0.496 e. The predicted molar refractivity (Wildman–Crippen MR) is 74.0 cm³/mol. The second-order valence-corrected chi connectivity index (χ2v) is 4.98. The van der Waals surface area contributed by atoms with E-state index in [2.05, 4.69) is 9.97 Å². The molecule has 2 rings (SSSR count). The third kappa shape index (κ3) is 2.90. The monoisotopic (exact) mass is 258 g/mol. The molecular weight excluding hydrogens is 240 g/mol. The van der Waals surface area contributed by atoms with Gasteiger partial charge in [-0.15, -0.1) is 0 Å². The molecule has 100 valence electrons. The number of benzene rings is 1. The summed E-state index contributed by atoms with van der Waals surface area (Å²) in [5.41, 5.74) is 1.39. The standard InChI is InChI=1S/C15H18N2O2/c1-10-9-12(17-14(16-10)15(2,3)18)11-7-5-6-8-13(11)19-4/h5-9,18H,1-4H3. The first-order chi connectivity index (χ1) is 8.91. The summed E-state index contributed by atoms with van der Waals surface area (Å²) in [4.78, 5) is 8.73. The molecule has 4 heteroatoms. The summed E-state index contributed by atoms with van der Waals surface area (Å²) in [6.45, 7) is 5.23. The van der Waals surface area contributed by atoms with Crippen molar-refractivity contribution in [1.29, 1.82) is 0 Å². The van der Waals surface area contributed by atoms with Gasteiger partial charge in [-0.25, -0.2) is 9.97 Å². The number of aromatic nitrogens is 2. The first kappa shape index (κ1) is 13.5. The number of aryl methyl sites for hydroxylation is 1. The number of hydrogen-bond acceptors (Lipinski definition) is 4. The minimum absolute atomic E-state index is 0.411. The Balaban J connectivity index is 2.60.